The summed E-state index contributed by atoms with van der Waals surface area (Å²) in [7, 11) is 0. The molecule has 0 saturated heterocycles. The van der Waals surface area contributed by atoms with Crippen LogP contribution in [0.5, 0.6) is 0 Å². The van der Waals surface area contributed by atoms with Crippen molar-refractivity contribution in [3.63, 3.8) is 0 Å². The molecule has 1 N–H and O–H groups in total. The largest absolute Gasteiger partial charge is 0.396 e. The smallest absolute Gasteiger partial charge is 0.0430 e. The predicted octanol–water partition coefficient (Wildman–Crippen LogP) is 2.45. The van der Waals surface area contributed by atoms with Crippen LogP contribution in [0.3, 0.4) is 0 Å². The predicted molar refractivity (Wildman–Crippen MR) is 47.4 cm³/mol. The Balaban J connectivity index is 0.000000114. The van der Waals surface area contributed by atoms with Gasteiger partial charge < -0.3 is 5.11 Å². The first-order valence-corrected chi connectivity index (χ1v) is 4.09. The molecule has 60 valence electrons. The molecule has 2 aliphatic rings. The molecule has 0 aromatic rings. The Morgan fingerprint density at radius 1 is 1.27 bits per heavy atom. The molecule has 1 nitrogen and oxygen atoms in total. The Bertz CT molecular complexity index is 199. The molecule has 2 aliphatic carbocycles. The van der Waals surface area contributed by atoms with E-state index in [1.807, 2.05) is 0 Å². The molecule has 0 aliphatic heterocycles. The third kappa shape index (κ3) is 2.72. The molecule has 0 saturated carbocycles. The van der Waals surface area contributed by atoms with Crippen molar-refractivity contribution in [2.75, 3.05) is 6.61 Å². The summed E-state index contributed by atoms with van der Waals surface area (Å²) in [6.45, 7) is 2.40. The number of rotatable bonds is 2. The molecule has 0 radical (unpaired) electrons. The number of hydrogen-bond acceptors (Lipinski definition) is 1. The van der Waals surface area contributed by atoms with Crippen molar-refractivity contribution in [1.82, 2.24) is 0 Å². The van der Waals surface area contributed by atoms with E-state index in [1.54, 1.807) is 0 Å². The van der Waals surface area contributed by atoms with E-state index in [1.165, 1.54) is 11.1 Å². The van der Waals surface area contributed by atoms with Gasteiger partial charge in [0.25, 0.3) is 0 Å². The van der Waals surface area contributed by atoms with Crippen LogP contribution in [0, 0.1) is 0 Å². The monoisotopic (exact) mass is 150 g/mol. The summed E-state index contributed by atoms with van der Waals surface area (Å²) in [6, 6.07) is 8.48. The van der Waals surface area contributed by atoms with Gasteiger partial charge in [-0.3, -0.25) is 0 Å². The Kier molecular flexibility index (Phi) is 3.12. The fourth-order valence-corrected chi connectivity index (χ4v) is 0.834. The van der Waals surface area contributed by atoms with Gasteiger partial charge >= 0.3 is 0 Å². The summed E-state index contributed by atoms with van der Waals surface area (Å²) in [5, 5.41) is 8.07. The lowest BCUT2D eigenvalue weighted by Crippen LogP contribution is -1.75. The van der Waals surface area contributed by atoms with Crippen LogP contribution in [0.2, 0.25) is 0 Å². The first-order chi connectivity index (χ1) is 5.38. The van der Waals surface area contributed by atoms with E-state index >= 15 is 0 Å². The lowest BCUT2D eigenvalue weighted by atomic mass is 10.4. The molecule has 0 fully saturated rings. The maximum atomic E-state index is 8.07. The molecule has 0 aromatic carbocycles. The van der Waals surface area contributed by atoms with Gasteiger partial charge in [-0.2, -0.15) is 0 Å². The standard InChI is InChI=1S/C6H4.C4H10O/c1-2-5-4-6(5)3-1;1-2-3-4-5/h1-4H;5H,2-4H2,1H3. The summed E-state index contributed by atoms with van der Waals surface area (Å²) in [5.41, 5.74) is 2.85. The summed E-state index contributed by atoms with van der Waals surface area (Å²) in [4.78, 5) is 0. The molecular weight excluding hydrogens is 136 g/mol. The zero-order valence-electron chi connectivity index (χ0n) is 6.88. The molecule has 0 atom stereocenters. The van der Waals surface area contributed by atoms with Gasteiger partial charge in [0, 0.05) is 6.61 Å². The zero-order valence-corrected chi connectivity index (χ0v) is 6.88. The molecule has 0 bridgehead atoms. The first kappa shape index (κ1) is 8.28. The molecule has 0 heterocycles. The van der Waals surface area contributed by atoms with E-state index in [4.69, 9.17) is 5.11 Å². The lowest BCUT2D eigenvalue weighted by Gasteiger charge is -1.79. The molecule has 1 heteroatoms. The molecule has 0 unspecified atom stereocenters. The number of aliphatic hydroxyl groups excluding tert-OH is 1. The number of benzene rings is 1. The molecule has 11 heavy (non-hydrogen) atoms. The Labute approximate surface area is 67.7 Å². The molecule has 2 rings (SSSR count). The van der Waals surface area contributed by atoms with Gasteiger partial charge in [-0.15, -0.1) is 0 Å². The minimum Gasteiger partial charge on any atom is -0.396 e. The maximum Gasteiger partial charge on any atom is 0.0430 e. The SMILES string of the molecule is CCCCO.c1cc2cc-2c1. The van der Waals surface area contributed by atoms with Crippen LogP contribution in [0.4, 0.5) is 0 Å². The molecule has 0 amide bonds. The Morgan fingerprint density at radius 3 is 2.00 bits per heavy atom. The zero-order chi connectivity index (χ0) is 8.10. The van der Waals surface area contributed by atoms with Gasteiger partial charge in [-0.25, -0.2) is 0 Å². The summed E-state index contributed by atoms with van der Waals surface area (Å²) < 4.78 is 0. The highest BCUT2D eigenvalue weighted by atomic mass is 16.2. The highest BCUT2D eigenvalue weighted by Gasteiger charge is 2.06. The highest BCUT2D eigenvalue weighted by molar-refractivity contribution is 5.80. The average molecular weight is 150 g/mol. The van der Waals surface area contributed by atoms with Gasteiger partial charge in [-0.1, -0.05) is 31.5 Å². The molecule has 0 aromatic heterocycles. The minimum absolute atomic E-state index is 0.344. The third-order valence-electron chi connectivity index (χ3n) is 1.62. The van der Waals surface area contributed by atoms with Gasteiger partial charge in [0.1, 0.15) is 0 Å². The average Bonchev–Trinajstić information content (AvgIpc) is 2.62. The Morgan fingerprint density at radius 2 is 1.91 bits per heavy atom. The van der Waals surface area contributed by atoms with Crippen LogP contribution >= 0.6 is 0 Å². The van der Waals surface area contributed by atoms with Crippen LogP contribution in [0.25, 0.3) is 11.1 Å². The van der Waals surface area contributed by atoms with E-state index in [-0.39, 0.29) is 0 Å². The van der Waals surface area contributed by atoms with Crippen molar-refractivity contribution < 1.29 is 5.11 Å². The van der Waals surface area contributed by atoms with Crippen molar-refractivity contribution >= 4 is 0 Å². The van der Waals surface area contributed by atoms with Gasteiger partial charge in [0.15, 0.2) is 0 Å². The van der Waals surface area contributed by atoms with Crippen molar-refractivity contribution in [3.8, 4) is 11.1 Å². The van der Waals surface area contributed by atoms with Crippen LogP contribution in [-0.4, -0.2) is 11.7 Å². The fraction of sp³-hybridized carbons (Fsp3) is 0.400. The van der Waals surface area contributed by atoms with Crippen LogP contribution in [0.15, 0.2) is 24.3 Å². The second kappa shape index (κ2) is 4.14. The number of aliphatic hydroxyl groups is 1. The topological polar surface area (TPSA) is 20.2 Å². The van der Waals surface area contributed by atoms with Crippen LogP contribution in [0.1, 0.15) is 19.8 Å². The van der Waals surface area contributed by atoms with Gasteiger partial charge in [0.05, 0.1) is 0 Å². The van der Waals surface area contributed by atoms with Crippen LogP contribution in [-0.2, 0) is 0 Å². The van der Waals surface area contributed by atoms with E-state index < -0.39 is 0 Å². The number of fused-ring (bicyclic) bond motifs is 1. The maximum absolute atomic E-state index is 8.07. The molecular formula is C10H14O. The van der Waals surface area contributed by atoms with Gasteiger partial charge in [0.2, 0.25) is 0 Å². The lowest BCUT2D eigenvalue weighted by molar-refractivity contribution is 0.287. The summed E-state index contributed by atoms with van der Waals surface area (Å²) >= 11 is 0. The Hall–Kier alpha value is -0.820. The van der Waals surface area contributed by atoms with Crippen molar-refractivity contribution in [2.45, 2.75) is 19.8 Å². The van der Waals surface area contributed by atoms with Crippen molar-refractivity contribution in [2.24, 2.45) is 0 Å². The first-order valence-electron chi connectivity index (χ1n) is 4.09. The normalized spacial score (nSPS) is 10.0. The highest BCUT2D eigenvalue weighted by Crippen LogP contribution is 2.32. The van der Waals surface area contributed by atoms with E-state index in [9.17, 15) is 0 Å². The quantitative estimate of drug-likeness (QED) is 0.697. The van der Waals surface area contributed by atoms with Crippen molar-refractivity contribution in [1.29, 1.82) is 0 Å². The summed E-state index contributed by atoms with van der Waals surface area (Å²) in [5.74, 6) is 0. The van der Waals surface area contributed by atoms with E-state index in [0.29, 0.717) is 6.61 Å². The second-order valence-corrected chi connectivity index (χ2v) is 2.66. The second-order valence-electron chi connectivity index (χ2n) is 2.66. The number of hydrogen-bond donors (Lipinski definition) is 1. The number of unbranched alkanes of at least 4 members (excludes halogenated alkanes) is 1. The summed E-state index contributed by atoms with van der Waals surface area (Å²) in [6.07, 6.45) is 2.04. The van der Waals surface area contributed by atoms with E-state index in [2.05, 4.69) is 31.2 Å². The van der Waals surface area contributed by atoms with E-state index in [0.717, 1.165) is 12.8 Å². The minimum atomic E-state index is 0.344. The van der Waals surface area contributed by atoms with Crippen molar-refractivity contribution in [3.05, 3.63) is 24.3 Å². The molecule has 0 spiro atoms. The van der Waals surface area contributed by atoms with Crippen LogP contribution < -0.4 is 0 Å². The van der Waals surface area contributed by atoms with Gasteiger partial charge in [-0.05, 0) is 23.6 Å². The fourth-order valence-electron chi connectivity index (χ4n) is 0.834. The third-order valence-corrected chi connectivity index (χ3v) is 1.62.